The van der Waals surface area contributed by atoms with Crippen LogP contribution in [0.15, 0.2) is 36.5 Å². The molecule has 3 nitrogen and oxygen atoms in total. The molecule has 1 aromatic heterocycles. The summed E-state index contributed by atoms with van der Waals surface area (Å²) in [7, 11) is 0. The Labute approximate surface area is 92.9 Å². The Bertz CT molecular complexity index is 494. The predicted octanol–water partition coefficient (Wildman–Crippen LogP) is 1.93. The highest BCUT2D eigenvalue weighted by Crippen LogP contribution is 2.24. The molecular formula is C12H12FN3. The van der Waals surface area contributed by atoms with E-state index in [9.17, 15) is 4.39 Å². The molecule has 0 spiro atoms. The Hall–Kier alpha value is -1.94. The molecule has 0 saturated carbocycles. The molecule has 16 heavy (non-hydrogen) atoms. The fraction of sp³-hybridized carbons (Fsp3) is 0.0833. The molecule has 1 aromatic carbocycles. The number of hydrogen-bond acceptors (Lipinski definition) is 3. The maximum absolute atomic E-state index is 12.8. The van der Waals surface area contributed by atoms with Crippen LogP contribution < -0.4 is 11.5 Å². The van der Waals surface area contributed by atoms with Crippen molar-refractivity contribution in [2.45, 2.75) is 6.54 Å². The van der Waals surface area contributed by atoms with Crippen molar-refractivity contribution in [2.24, 2.45) is 5.73 Å². The van der Waals surface area contributed by atoms with Crippen molar-refractivity contribution in [1.82, 2.24) is 4.98 Å². The first-order valence-corrected chi connectivity index (χ1v) is 4.91. The van der Waals surface area contributed by atoms with Gasteiger partial charge >= 0.3 is 0 Å². The third-order valence-corrected chi connectivity index (χ3v) is 2.33. The van der Waals surface area contributed by atoms with Gasteiger partial charge in [-0.25, -0.2) is 4.39 Å². The maximum atomic E-state index is 12.8. The highest BCUT2D eigenvalue weighted by atomic mass is 19.1. The van der Waals surface area contributed by atoms with Crippen molar-refractivity contribution >= 4 is 5.69 Å². The second kappa shape index (κ2) is 4.28. The molecule has 2 aromatic rings. The van der Waals surface area contributed by atoms with Gasteiger partial charge in [0, 0.05) is 18.3 Å². The number of nitrogen functional groups attached to an aromatic ring is 1. The minimum absolute atomic E-state index is 0.277. The second-order valence-corrected chi connectivity index (χ2v) is 3.49. The lowest BCUT2D eigenvalue weighted by Gasteiger charge is -2.06. The number of pyridine rings is 1. The average Bonchev–Trinajstić information content (AvgIpc) is 2.30. The van der Waals surface area contributed by atoms with Crippen molar-refractivity contribution in [1.29, 1.82) is 0 Å². The van der Waals surface area contributed by atoms with Crippen LogP contribution in [-0.2, 0) is 6.54 Å². The molecular weight excluding hydrogens is 205 g/mol. The van der Waals surface area contributed by atoms with Gasteiger partial charge in [0.1, 0.15) is 5.82 Å². The highest BCUT2D eigenvalue weighted by molar-refractivity contribution is 5.72. The van der Waals surface area contributed by atoms with E-state index in [1.54, 1.807) is 24.4 Å². The summed E-state index contributed by atoms with van der Waals surface area (Å²) in [5.41, 5.74) is 14.2. The first kappa shape index (κ1) is 10.6. The summed E-state index contributed by atoms with van der Waals surface area (Å²) in [6, 6.07) is 7.85. The SMILES string of the molecule is NCc1cnc(-c2ccc(F)cc2)c(N)c1. The van der Waals surface area contributed by atoms with E-state index in [4.69, 9.17) is 11.5 Å². The van der Waals surface area contributed by atoms with E-state index in [1.165, 1.54) is 12.1 Å². The largest absolute Gasteiger partial charge is 0.397 e. The summed E-state index contributed by atoms with van der Waals surface area (Å²) in [6.07, 6.45) is 1.68. The fourth-order valence-electron chi connectivity index (χ4n) is 1.49. The lowest BCUT2D eigenvalue weighted by molar-refractivity contribution is 0.628. The van der Waals surface area contributed by atoms with Gasteiger partial charge in [-0.3, -0.25) is 4.98 Å². The van der Waals surface area contributed by atoms with Crippen molar-refractivity contribution in [3.63, 3.8) is 0 Å². The molecule has 4 heteroatoms. The standard InChI is InChI=1S/C12H12FN3/c13-10-3-1-9(2-4-10)12-11(15)5-8(6-14)7-16-12/h1-5,7H,6,14-15H2. The Balaban J connectivity index is 2.44. The van der Waals surface area contributed by atoms with Crippen LogP contribution in [0, 0.1) is 5.82 Å². The van der Waals surface area contributed by atoms with Crippen LogP contribution in [0.1, 0.15) is 5.56 Å². The predicted molar refractivity (Wildman–Crippen MR) is 61.9 cm³/mol. The summed E-state index contributed by atoms with van der Waals surface area (Å²) in [4.78, 5) is 4.22. The van der Waals surface area contributed by atoms with Crippen LogP contribution in [-0.4, -0.2) is 4.98 Å². The number of anilines is 1. The molecule has 0 radical (unpaired) electrons. The van der Waals surface area contributed by atoms with E-state index in [2.05, 4.69) is 4.98 Å². The van der Waals surface area contributed by atoms with Crippen molar-refractivity contribution < 1.29 is 4.39 Å². The van der Waals surface area contributed by atoms with Gasteiger partial charge in [-0.15, -0.1) is 0 Å². The smallest absolute Gasteiger partial charge is 0.123 e. The zero-order chi connectivity index (χ0) is 11.5. The van der Waals surface area contributed by atoms with Gasteiger partial charge in [-0.2, -0.15) is 0 Å². The molecule has 4 N–H and O–H groups in total. The van der Waals surface area contributed by atoms with E-state index in [0.717, 1.165) is 11.1 Å². The Morgan fingerprint density at radius 1 is 1.19 bits per heavy atom. The first-order valence-electron chi connectivity index (χ1n) is 4.91. The number of rotatable bonds is 2. The molecule has 0 unspecified atom stereocenters. The van der Waals surface area contributed by atoms with Crippen LogP contribution in [0.25, 0.3) is 11.3 Å². The molecule has 0 aliphatic rings. The first-order chi connectivity index (χ1) is 7.70. The molecule has 82 valence electrons. The van der Waals surface area contributed by atoms with Crippen molar-refractivity contribution in [2.75, 3.05) is 5.73 Å². The van der Waals surface area contributed by atoms with Crippen LogP contribution in [0.2, 0.25) is 0 Å². The van der Waals surface area contributed by atoms with Gasteiger partial charge < -0.3 is 11.5 Å². The number of aromatic nitrogens is 1. The lowest BCUT2D eigenvalue weighted by Crippen LogP contribution is -2.00. The molecule has 0 amide bonds. The van der Waals surface area contributed by atoms with E-state index < -0.39 is 0 Å². The van der Waals surface area contributed by atoms with E-state index in [1.807, 2.05) is 0 Å². The molecule has 0 aliphatic carbocycles. The quantitative estimate of drug-likeness (QED) is 0.807. The molecule has 0 fully saturated rings. The molecule has 2 rings (SSSR count). The second-order valence-electron chi connectivity index (χ2n) is 3.49. The van der Waals surface area contributed by atoms with Crippen LogP contribution in [0.3, 0.4) is 0 Å². The van der Waals surface area contributed by atoms with E-state index in [0.29, 0.717) is 17.9 Å². The Morgan fingerprint density at radius 3 is 2.44 bits per heavy atom. The monoisotopic (exact) mass is 217 g/mol. The molecule has 0 aliphatic heterocycles. The van der Waals surface area contributed by atoms with E-state index >= 15 is 0 Å². The minimum Gasteiger partial charge on any atom is -0.397 e. The molecule has 0 saturated heterocycles. The van der Waals surface area contributed by atoms with Gasteiger partial charge in [-0.05, 0) is 35.9 Å². The number of hydrogen-bond donors (Lipinski definition) is 2. The zero-order valence-electron chi connectivity index (χ0n) is 8.65. The third-order valence-electron chi connectivity index (χ3n) is 2.33. The average molecular weight is 217 g/mol. The molecule has 1 heterocycles. The Morgan fingerprint density at radius 2 is 1.88 bits per heavy atom. The number of nitrogens with two attached hydrogens (primary N) is 2. The van der Waals surface area contributed by atoms with Crippen molar-refractivity contribution in [3.8, 4) is 11.3 Å². The third kappa shape index (κ3) is 2.01. The fourth-order valence-corrected chi connectivity index (χ4v) is 1.49. The molecule has 0 bridgehead atoms. The topological polar surface area (TPSA) is 64.9 Å². The summed E-state index contributed by atoms with van der Waals surface area (Å²) >= 11 is 0. The summed E-state index contributed by atoms with van der Waals surface area (Å²) in [5, 5.41) is 0. The maximum Gasteiger partial charge on any atom is 0.123 e. The summed E-state index contributed by atoms with van der Waals surface area (Å²) < 4.78 is 12.8. The number of nitrogens with zero attached hydrogens (tertiary/aromatic N) is 1. The normalized spacial score (nSPS) is 10.4. The zero-order valence-corrected chi connectivity index (χ0v) is 8.65. The summed E-state index contributed by atoms with van der Waals surface area (Å²) in [5.74, 6) is -0.277. The van der Waals surface area contributed by atoms with Gasteiger partial charge in [0.25, 0.3) is 0 Å². The van der Waals surface area contributed by atoms with Crippen LogP contribution in [0.5, 0.6) is 0 Å². The molecule has 0 atom stereocenters. The lowest BCUT2D eigenvalue weighted by atomic mass is 10.1. The Kier molecular flexibility index (Phi) is 2.83. The minimum atomic E-state index is -0.277. The van der Waals surface area contributed by atoms with Gasteiger partial charge in [0.05, 0.1) is 11.4 Å². The van der Waals surface area contributed by atoms with Gasteiger partial charge in [0.2, 0.25) is 0 Å². The van der Waals surface area contributed by atoms with Gasteiger partial charge in [0.15, 0.2) is 0 Å². The van der Waals surface area contributed by atoms with Crippen LogP contribution in [0.4, 0.5) is 10.1 Å². The van der Waals surface area contributed by atoms with Crippen LogP contribution >= 0.6 is 0 Å². The number of benzene rings is 1. The van der Waals surface area contributed by atoms with E-state index in [-0.39, 0.29) is 5.82 Å². The highest BCUT2D eigenvalue weighted by Gasteiger charge is 2.05. The summed E-state index contributed by atoms with van der Waals surface area (Å²) in [6.45, 7) is 0.404. The van der Waals surface area contributed by atoms with Gasteiger partial charge in [-0.1, -0.05) is 0 Å². The number of halogens is 1. The van der Waals surface area contributed by atoms with Crippen molar-refractivity contribution in [3.05, 3.63) is 47.9 Å².